The van der Waals surface area contributed by atoms with E-state index in [4.69, 9.17) is 0 Å². The number of nitrogens with zero attached hydrogens (tertiary/aromatic N) is 2. The number of benzene rings is 2. The van der Waals surface area contributed by atoms with Crippen molar-refractivity contribution < 1.29 is 4.39 Å². The zero-order valence-corrected chi connectivity index (χ0v) is 12.7. The van der Waals surface area contributed by atoms with Crippen molar-refractivity contribution >= 4 is 5.96 Å². The van der Waals surface area contributed by atoms with E-state index in [9.17, 15) is 4.39 Å². The van der Waals surface area contributed by atoms with Crippen LogP contribution in [0, 0.1) is 12.7 Å². The van der Waals surface area contributed by atoms with Gasteiger partial charge in [-0.3, -0.25) is 4.99 Å². The maximum atomic E-state index is 13.6. The maximum Gasteiger partial charge on any atom is 0.194 e. The Morgan fingerprint density at radius 3 is 2.73 bits per heavy atom. The third-order valence-corrected chi connectivity index (χ3v) is 3.83. The SMILES string of the molecule is Cc1ccc(CNC2=NCCN2Cc2ccccc2)cc1F. The lowest BCUT2D eigenvalue weighted by atomic mass is 10.1. The quantitative estimate of drug-likeness (QED) is 0.939. The molecule has 22 heavy (non-hydrogen) atoms. The molecule has 3 nitrogen and oxygen atoms in total. The molecule has 0 bridgehead atoms. The molecular formula is C18H20FN3. The van der Waals surface area contributed by atoms with Crippen LogP contribution in [0.25, 0.3) is 0 Å². The Bertz CT molecular complexity index is 667. The van der Waals surface area contributed by atoms with Crippen LogP contribution in [-0.4, -0.2) is 23.9 Å². The predicted octanol–water partition coefficient (Wildman–Crippen LogP) is 3.10. The molecule has 0 aliphatic carbocycles. The summed E-state index contributed by atoms with van der Waals surface area (Å²) in [4.78, 5) is 6.73. The largest absolute Gasteiger partial charge is 0.352 e. The molecule has 0 saturated carbocycles. The van der Waals surface area contributed by atoms with E-state index in [2.05, 4.69) is 27.3 Å². The van der Waals surface area contributed by atoms with Crippen LogP contribution >= 0.6 is 0 Å². The maximum absolute atomic E-state index is 13.6. The fourth-order valence-corrected chi connectivity index (χ4v) is 2.54. The van der Waals surface area contributed by atoms with Crippen molar-refractivity contribution in [1.82, 2.24) is 10.2 Å². The van der Waals surface area contributed by atoms with Gasteiger partial charge in [0.25, 0.3) is 0 Å². The van der Waals surface area contributed by atoms with Gasteiger partial charge in [-0.1, -0.05) is 42.5 Å². The van der Waals surface area contributed by atoms with E-state index >= 15 is 0 Å². The van der Waals surface area contributed by atoms with E-state index < -0.39 is 0 Å². The number of nitrogens with one attached hydrogen (secondary N) is 1. The molecule has 4 heteroatoms. The Balaban J connectivity index is 1.60. The first-order valence-electron chi connectivity index (χ1n) is 7.54. The number of halogens is 1. The van der Waals surface area contributed by atoms with Crippen molar-refractivity contribution in [2.75, 3.05) is 13.1 Å². The van der Waals surface area contributed by atoms with Gasteiger partial charge in [-0.05, 0) is 29.7 Å². The number of hydrogen-bond acceptors (Lipinski definition) is 3. The second kappa shape index (κ2) is 6.60. The summed E-state index contributed by atoms with van der Waals surface area (Å²) in [5.74, 6) is 0.735. The van der Waals surface area contributed by atoms with Gasteiger partial charge in [0.15, 0.2) is 5.96 Å². The van der Waals surface area contributed by atoms with E-state index in [0.717, 1.165) is 31.2 Å². The molecule has 0 unspecified atom stereocenters. The van der Waals surface area contributed by atoms with E-state index in [1.165, 1.54) is 5.56 Å². The molecule has 0 aromatic heterocycles. The second-order valence-electron chi connectivity index (χ2n) is 5.55. The highest BCUT2D eigenvalue weighted by Gasteiger charge is 2.16. The fourth-order valence-electron chi connectivity index (χ4n) is 2.54. The van der Waals surface area contributed by atoms with Gasteiger partial charge in [-0.15, -0.1) is 0 Å². The van der Waals surface area contributed by atoms with Gasteiger partial charge < -0.3 is 10.2 Å². The highest BCUT2D eigenvalue weighted by Crippen LogP contribution is 2.11. The van der Waals surface area contributed by atoms with Crippen molar-refractivity contribution in [2.45, 2.75) is 20.0 Å². The summed E-state index contributed by atoms with van der Waals surface area (Å²) < 4.78 is 13.6. The number of aliphatic imine (C=N–C) groups is 1. The van der Waals surface area contributed by atoms with Crippen molar-refractivity contribution in [1.29, 1.82) is 0 Å². The Morgan fingerprint density at radius 2 is 1.95 bits per heavy atom. The minimum atomic E-state index is -0.159. The molecule has 1 aliphatic heterocycles. The van der Waals surface area contributed by atoms with Crippen LogP contribution in [-0.2, 0) is 13.1 Å². The Morgan fingerprint density at radius 1 is 1.14 bits per heavy atom. The molecular weight excluding hydrogens is 277 g/mol. The molecule has 114 valence electrons. The van der Waals surface area contributed by atoms with Crippen LogP contribution < -0.4 is 5.32 Å². The Hall–Kier alpha value is -2.36. The Labute approximate surface area is 130 Å². The van der Waals surface area contributed by atoms with Crippen LogP contribution in [0.1, 0.15) is 16.7 Å². The fraction of sp³-hybridized carbons (Fsp3) is 0.278. The third-order valence-electron chi connectivity index (χ3n) is 3.83. The summed E-state index contributed by atoms with van der Waals surface area (Å²) in [5, 5.41) is 3.32. The summed E-state index contributed by atoms with van der Waals surface area (Å²) in [6.45, 7) is 4.92. The van der Waals surface area contributed by atoms with E-state index in [1.54, 1.807) is 13.0 Å². The van der Waals surface area contributed by atoms with Gasteiger partial charge in [0.05, 0.1) is 6.54 Å². The normalized spacial score (nSPS) is 14.1. The monoisotopic (exact) mass is 297 g/mol. The van der Waals surface area contributed by atoms with Gasteiger partial charge in [-0.2, -0.15) is 0 Å². The van der Waals surface area contributed by atoms with E-state index in [0.29, 0.717) is 12.1 Å². The van der Waals surface area contributed by atoms with Gasteiger partial charge in [0.1, 0.15) is 5.82 Å². The summed E-state index contributed by atoms with van der Waals surface area (Å²) in [7, 11) is 0. The molecule has 2 aromatic rings. The summed E-state index contributed by atoms with van der Waals surface area (Å²) in [6, 6.07) is 15.7. The topological polar surface area (TPSA) is 27.6 Å². The average molecular weight is 297 g/mol. The van der Waals surface area contributed by atoms with Crippen molar-refractivity contribution in [3.8, 4) is 0 Å². The summed E-state index contributed by atoms with van der Waals surface area (Å²) in [6.07, 6.45) is 0. The summed E-state index contributed by atoms with van der Waals surface area (Å²) >= 11 is 0. The highest BCUT2D eigenvalue weighted by molar-refractivity contribution is 5.81. The molecule has 1 heterocycles. The minimum absolute atomic E-state index is 0.159. The highest BCUT2D eigenvalue weighted by atomic mass is 19.1. The van der Waals surface area contributed by atoms with Crippen molar-refractivity contribution in [3.63, 3.8) is 0 Å². The molecule has 0 atom stereocenters. The average Bonchev–Trinajstić information content (AvgIpc) is 2.97. The van der Waals surface area contributed by atoms with Crippen LogP contribution in [0.4, 0.5) is 4.39 Å². The van der Waals surface area contributed by atoms with Gasteiger partial charge in [0.2, 0.25) is 0 Å². The van der Waals surface area contributed by atoms with E-state index in [1.807, 2.05) is 30.3 Å². The lowest BCUT2D eigenvalue weighted by Crippen LogP contribution is -2.37. The van der Waals surface area contributed by atoms with Crippen molar-refractivity contribution in [3.05, 3.63) is 71.0 Å². The predicted molar refractivity (Wildman–Crippen MR) is 87.1 cm³/mol. The first-order valence-corrected chi connectivity index (χ1v) is 7.54. The minimum Gasteiger partial charge on any atom is -0.352 e. The lowest BCUT2D eigenvalue weighted by Gasteiger charge is -2.21. The molecule has 1 N–H and O–H groups in total. The second-order valence-corrected chi connectivity index (χ2v) is 5.55. The Kier molecular flexibility index (Phi) is 4.37. The van der Waals surface area contributed by atoms with Gasteiger partial charge >= 0.3 is 0 Å². The number of aryl methyl sites for hydroxylation is 1. The summed E-state index contributed by atoms with van der Waals surface area (Å²) in [5.41, 5.74) is 2.87. The first kappa shape index (κ1) is 14.6. The smallest absolute Gasteiger partial charge is 0.194 e. The molecule has 0 saturated heterocycles. The molecule has 0 spiro atoms. The number of guanidine groups is 1. The number of rotatable bonds is 4. The standard InChI is InChI=1S/C18H20FN3/c1-14-7-8-16(11-17(14)19)12-21-18-20-9-10-22(18)13-15-5-3-2-4-6-15/h2-8,11H,9-10,12-13H2,1H3,(H,20,21). The third kappa shape index (κ3) is 3.45. The van der Waals surface area contributed by atoms with Gasteiger partial charge in [0, 0.05) is 19.6 Å². The molecule has 3 rings (SSSR count). The molecule has 2 aromatic carbocycles. The van der Waals surface area contributed by atoms with E-state index in [-0.39, 0.29) is 5.82 Å². The molecule has 0 radical (unpaired) electrons. The van der Waals surface area contributed by atoms with Gasteiger partial charge in [-0.25, -0.2) is 4.39 Å². The van der Waals surface area contributed by atoms with Crippen LogP contribution in [0.5, 0.6) is 0 Å². The molecule has 0 amide bonds. The first-order chi connectivity index (χ1) is 10.7. The lowest BCUT2D eigenvalue weighted by molar-refractivity contribution is 0.436. The van der Waals surface area contributed by atoms with Crippen LogP contribution in [0.2, 0.25) is 0 Å². The van der Waals surface area contributed by atoms with Crippen LogP contribution in [0.15, 0.2) is 53.5 Å². The molecule has 1 aliphatic rings. The van der Waals surface area contributed by atoms with Crippen LogP contribution in [0.3, 0.4) is 0 Å². The number of hydrogen-bond donors (Lipinski definition) is 1. The zero-order valence-electron chi connectivity index (χ0n) is 12.7. The zero-order chi connectivity index (χ0) is 15.4. The van der Waals surface area contributed by atoms with Crippen molar-refractivity contribution in [2.24, 2.45) is 4.99 Å². The molecule has 0 fully saturated rings.